The van der Waals surface area contributed by atoms with Crippen molar-refractivity contribution in [2.75, 3.05) is 0 Å². The van der Waals surface area contributed by atoms with Crippen LogP contribution in [0.25, 0.3) is 6.08 Å². The number of carboxylic acids is 1. The first-order valence-corrected chi connectivity index (χ1v) is 6.41. The molecule has 0 radical (unpaired) electrons. The molecule has 0 unspecified atom stereocenters. The highest BCUT2D eigenvalue weighted by Gasteiger charge is 2.10. The fourth-order valence-corrected chi connectivity index (χ4v) is 2.04. The van der Waals surface area contributed by atoms with Gasteiger partial charge in [0.1, 0.15) is 5.75 Å². The number of hydrogen-bond acceptors (Lipinski definition) is 2. The number of ether oxygens (including phenoxy) is 1. The van der Waals surface area contributed by atoms with Gasteiger partial charge in [-0.25, -0.2) is 9.18 Å². The Bertz CT molecular complexity index is 685. The number of carboxylic acid groups (broad SMARTS) is 1. The maximum atomic E-state index is 14.0. The summed E-state index contributed by atoms with van der Waals surface area (Å²) in [4.78, 5) is 10.6. The Morgan fingerprint density at radius 3 is 2.48 bits per heavy atom. The molecule has 4 heteroatoms. The molecule has 0 aromatic heterocycles. The molecular formula is C17H15FO3. The minimum absolute atomic E-state index is 0.0139. The van der Waals surface area contributed by atoms with Crippen molar-refractivity contribution in [3.8, 4) is 11.5 Å². The van der Waals surface area contributed by atoms with Gasteiger partial charge in [0, 0.05) is 11.6 Å². The van der Waals surface area contributed by atoms with E-state index in [1.165, 1.54) is 18.2 Å². The van der Waals surface area contributed by atoms with Gasteiger partial charge in [0.05, 0.1) is 0 Å². The lowest BCUT2D eigenvalue weighted by molar-refractivity contribution is -0.131. The second kappa shape index (κ2) is 6.22. The van der Waals surface area contributed by atoms with E-state index in [-0.39, 0.29) is 5.75 Å². The summed E-state index contributed by atoms with van der Waals surface area (Å²) < 4.78 is 19.6. The number of halogens is 1. The number of para-hydroxylation sites is 1. The SMILES string of the molecule is Cc1cc(C)cc(Oc2c(F)cccc2/C=C/C(=O)O)c1. The van der Waals surface area contributed by atoms with Crippen molar-refractivity contribution in [1.29, 1.82) is 0 Å². The Kier molecular flexibility index (Phi) is 4.38. The first-order chi connectivity index (χ1) is 9.95. The van der Waals surface area contributed by atoms with Gasteiger partial charge in [-0.15, -0.1) is 0 Å². The van der Waals surface area contributed by atoms with E-state index in [0.717, 1.165) is 17.2 Å². The van der Waals surface area contributed by atoms with Crippen molar-refractivity contribution < 1.29 is 19.0 Å². The molecule has 0 aliphatic carbocycles. The van der Waals surface area contributed by atoms with Gasteiger partial charge in [-0.2, -0.15) is 0 Å². The second-order valence-corrected chi connectivity index (χ2v) is 4.76. The van der Waals surface area contributed by atoms with Crippen LogP contribution in [0.15, 0.2) is 42.5 Å². The van der Waals surface area contributed by atoms with Gasteiger partial charge in [-0.1, -0.05) is 18.2 Å². The van der Waals surface area contributed by atoms with Gasteiger partial charge in [0.2, 0.25) is 0 Å². The Morgan fingerprint density at radius 1 is 1.19 bits per heavy atom. The van der Waals surface area contributed by atoms with Crippen LogP contribution in [0.4, 0.5) is 4.39 Å². The van der Waals surface area contributed by atoms with Crippen LogP contribution < -0.4 is 4.74 Å². The third-order valence-electron chi connectivity index (χ3n) is 2.82. The monoisotopic (exact) mass is 286 g/mol. The number of carbonyl (C=O) groups is 1. The smallest absolute Gasteiger partial charge is 0.328 e. The van der Waals surface area contributed by atoms with Gasteiger partial charge < -0.3 is 9.84 Å². The minimum Gasteiger partial charge on any atom is -0.478 e. The Hall–Kier alpha value is -2.62. The zero-order chi connectivity index (χ0) is 15.4. The van der Waals surface area contributed by atoms with E-state index in [1.807, 2.05) is 19.9 Å². The Morgan fingerprint density at radius 2 is 1.86 bits per heavy atom. The molecule has 21 heavy (non-hydrogen) atoms. The highest BCUT2D eigenvalue weighted by atomic mass is 19.1. The van der Waals surface area contributed by atoms with Crippen LogP contribution in [0.3, 0.4) is 0 Å². The van der Waals surface area contributed by atoms with E-state index in [2.05, 4.69) is 0 Å². The van der Waals surface area contributed by atoms with E-state index < -0.39 is 11.8 Å². The standard InChI is InChI=1S/C17H15FO3/c1-11-8-12(2)10-14(9-11)21-17-13(6-7-16(19)20)4-3-5-15(17)18/h3-10H,1-2H3,(H,19,20)/b7-6+. The molecule has 108 valence electrons. The summed E-state index contributed by atoms with van der Waals surface area (Å²) in [5, 5.41) is 8.68. The number of aryl methyl sites for hydroxylation is 2. The molecule has 2 aromatic rings. The topological polar surface area (TPSA) is 46.5 Å². The van der Waals surface area contributed by atoms with Crippen LogP contribution in [-0.4, -0.2) is 11.1 Å². The van der Waals surface area contributed by atoms with Gasteiger partial charge in [0.25, 0.3) is 0 Å². The van der Waals surface area contributed by atoms with E-state index in [9.17, 15) is 9.18 Å². The average Bonchev–Trinajstić information content (AvgIpc) is 2.38. The first kappa shape index (κ1) is 14.8. The lowest BCUT2D eigenvalue weighted by atomic mass is 10.1. The molecule has 0 amide bonds. The molecule has 0 saturated carbocycles. The molecule has 0 aliphatic rings. The molecule has 0 fully saturated rings. The summed E-state index contributed by atoms with van der Waals surface area (Å²) in [6.45, 7) is 3.85. The predicted octanol–water partition coefficient (Wildman–Crippen LogP) is 4.33. The highest BCUT2D eigenvalue weighted by molar-refractivity contribution is 5.86. The largest absolute Gasteiger partial charge is 0.478 e. The van der Waals surface area contributed by atoms with Crippen LogP contribution in [0.2, 0.25) is 0 Å². The first-order valence-electron chi connectivity index (χ1n) is 6.41. The van der Waals surface area contributed by atoms with Gasteiger partial charge in [0.15, 0.2) is 11.6 Å². The van der Waals surface area contributed by atoms with E-state index >= 15 is 0 Å². The number of benzene rings is 2. The van der Waals surface area contributed by atoms with Crippen LogP contribution in [0.5, 0.6) is 11.5 Å². The van der Waals surface area contributed by atoms with Crippen LogP contribution in [-0.2, 0) is 4.79 Å². The van der Waals surface area contributed by atoms with Crippen LogP contribution in [0, 0.1) is 19.7 Å². The quantitative estimate of drug-likeness (QED) is 0.851. The lowest BCUT2D eigenvalue weighted by Gasteiger charge is -2.11. The molecule has 0 heterocycles. The van der Waals surface area contributed by atoms with Gasteiger partial charge in [-0.05, 0) is 49.2 Å². The maximum Gasteiger partial charge on any atom is 0.328 e. The fourth-order valence-electron chi connectivity index (χ4n) is 2.04. The molecule has 2 aromatic carbocycles. The summed E-state index contributed by atoms with van der Waals surface area (Å²) in [5.74, 6) is -1.11. The Balaban J connectivity index is 2.40. The maximum absolute atomic E-state index is 14.0. The molecule has 0 spiro atoms. The molecular weight excluding hydrogens is 271 g/mol. The summed E-state index contributed by atoms with van der Waals surface area (Å²) in [6, 6.07) is 9.95. The molecule has 0 aliphatic heterocycles. The zero-order valence-electron chi connectivity index (χ0n) is 11.8. The number of aliphatic carboxylic acids is 1. The van der Waals surface area contributed by atoms with Gasteiger partial charge in [-0.3, -0.25) is 0 Å². The van der Waals surface area contributed by atoms with E-state index in [0.29, 0.717) is 11.3 Å². The number of hydrogen-bond donors (Lipinski definition) is 1. The van der Waals surface area contributed by atoms with Crippen LogP contribution in [0.1, 0.15) is 16.7 Å². The zero-order valence-corrected chi connectivity index (χ0v) is 11.8. The Labute approximate surface area is 122 Å². The highest BCUT2D eigenvalue weighted by Crippen LogP contribution is 2.30. The lowest BCUT2D eigenvalue weighted by Crippen LogP contribution is -1.93. The molecule has 1 N–H and O–H groups in total. The fraction of sp³-hybridized carbons (Fsp3) is 0.118. The van der Waals surface area contributed by atoms with Crippen molar-refractivity contribution in [1.82, 2.24) is 0 Å². The number of rotatable bonds is 4. The summed E-state index contributed by atoms with van der Waals surface area (Å²) in [5.41, 5.74) is 2.38. The van der Waals surface area contributed by atoms with E-state index in [4.69, 9.17) is 9.84 Å². The van der Waals surface area contributed by atoms with E-state index in [1.54, 1.807) is 18.2 Å². The van der Waals surface area contributed by atoms with Crippen molar-refractivity contribution in [3.05, 3.63) is 65.0 Å². The molecule has 0 saturated heterocycles. The summed E-state index contributed by atoms with van der Waals surface area (Å²) in [7, 11) is 0. The third kappa shape index (κ3) is 3.92. The molecule has 0 bridgehead atoms. The molecule has 0 atom stereocenters. The summed E-state index contributed by atoms with van der Waals surface area (Å²) >= 11 is 0. The third-order valence-corrected chi connectivity index (χ3v) is 2.82. The molecule has 2 rings (SSSR count). The molecule has 3 nitrogen and oxygen atoms in total. The average molecular weight is 286 g/mol. The predicted molar refractivity (Wildman–Crippen MR) is 79.1 cm³/mol. The van der Waals surface area contributed by atoms with Crippen molar-refractivity contribution in [2.45, 2.75) is 13.8 Å². The van der Waals surface area contributed by atoms with Crippen molar-refractivity contribution in [3.63, 3.8) is 0 Å². The van der Waals surface area contributed by atoms with Crippen LogP contribution >= 0.6 is 0 Å². The summed E-state index contributed by atoms with van der Waals surface area (Å²) in [6.07, 6.45) is 2.26. The van der Waals surface area contributed by atoms with Gasteiger partial charge >= 0.3 is 5.97 Å². The minimum atomic E-state index is -1.10. The van der Waals surface area contributed by atoms with Crippen molar-refractivity contribution >= 4 is 12.0 Å². The van der Waals surface area contributed by atoms with Crippen molar-refractivity contribution in [2.24, 2.45) is 0 Å². The second-order valence-electron chi connectivity index (χ2n) is 4.76. The normalized spacial score (nSPS) is 10.8.